The van der Waals surface area contributed by atoms with Gasteiger partial charge in [-0.3, -0.25) is 9.59 Å². The molecule has 2 aromatic carbocycles. The van der Waals surface area contributed by atoms with Gasteiger partial charge in [0.2, 0.25) is 0 Å². The first-order chi connectivity index (χ1) is 15.7. The maximum atomic E-state index is 12.8. The molecule has 1 aliphatic heterocycles. The maximum Gasteiger partial charge on any atom is 0.294 e. The van der Waals surface area contributed by atoms with Crippen LogP contribution < -0.4 is 15.2 Å². The molecule has 0 atom stereocenters. The van der Waals surface area contributed by atoms with Crippen molar-refractivity contribution in [3.05, 3.63) is 51.0 Å². The number of nitrogens with zero attached hydrogens (tertiary/aromatic N) is 2. The number of methoxy groups -OCH3 is 2. The number of ether oxygens (including phenoxy) is 2. The standard InChI is InChI=1S/C24H29Cl2N3O4/c1-28(9-5-15-11-18(25)22(27)19(26)12-15)7-4-8-29-10-6-16-13-20(32-2)21(33-3)14-17(16)23(30)24(29)31/h11-14H,4-10,27H2,1-3H3. The molecule has 2 aromatic rings. The van der Waals surface area contributed by atoms with Crippen LogP contribution in [0.25, 0.3) is 0 Å². The molecule has 1 heterocycles. The van der Waals surface area contributed by atoms with Crippen molar-refractivity contribution in [1.82, 2.24) is 9.80 Å². The monoisotopic (exact) mass is 493 g/mol. The van der Waals surface area contributed by atoms with Crippen LogP contribution in [0.5, 0.6) is 11.5 Å². The predicted octanol–water partition coefficient (Wildman–Crippen LogP) is 3.72. The topological polar surface area (TPSA) is 85.1 Å². The molecular weight excluding hydrogens is 465 g/mol. The van der Waals surface area contributed by atoms with Crippen LogP contribution in [-0.4, -0.2) is 68.9 Å². The highest BCUT2D eigenvalue weighted by atomic mass is 35.5. The molecule has 9 heteroatoms. The minimum absolute atomic E-state index is 0.387. The fourth-order valence-corrected chi connectivity index (χ4v) is 4.45. The molecule has 178 valence electrons. The first-order valence-corrected chi connectivity index (χ1v) is 11.5. The minimum atomic E-state index is -0.506. The van der Waals surface area contributed by atoms with Crippen molar-refractivity contribution < 1.29 is 19.1 Å². The normalized spacial score (nSPS) is 13.8. The minimum Gasteiger partial charge on any atom is -0.493 e. The van der Waals surface area contributed by atoms with Crippen LogP contribution in [0.1, 0.15) is 27.9 Å². The van der Waals surface area contributed by atoms with Crippen molar-refractivity contribution >= 4 is 40.6 Å². The Balaban J connectivity index is 1.54. The third kappa shape index (κ3) is 5.91. The van der Waals surface area contributed by atoms with Crippen LogP contribution >= 0.6 is 23.2 Å². The van der Waals surface area contributed by atoms with E-state index < -0.39 is 11.7 Å². The van der Waals surface area contributed by atoms with Gasteiger partial charge in [0.05, 0.1) is 30.0 Å². The van der Waals surface area contributed by atoms with E-state index in [0.29, 0.717) is 52.3 Å². The Morgan fingerprint density at radius 1 is 1.03 bits per heavy atom. The molecule has 3 rings (SSSR count). The van der Waals surface area contributed by atoms with E-state index in [2.05, 4.69) is 4.90 Å². The number of anilines is 1. The highest BCUT2D eigenvalue weighted by Gasteiger charge is 2.30. The summed E-state index contributed by atoms with van der Waals surface area (Å²) in [6.45, 7) is 2.58. The first kappa shape index (κ1) is 25.1. The molecule has 0 radical (unpaired) electrons. The molecule has 0 aliphatic carbocycles. The average molecular weight is 494 g/mol. The van der Waals surface area contributed by atoms with Crippen molar-refractivity contribution in [2.24, 2.45) is 0 Å². The summed E-state index contributed by atoms with van der Waals surface area (Å²) < 4.78 is 10.6. The number of fused-ring (bicyclic) bond motifs is 1. The first-order valence-electron chi connectivity index (χ1n) is 10.8. The van der Waals surface area contributed by atoms with Gasteiger partial charge in [-0.05, 0) is 68.2 Å². The van der Waals surface area contributed by atoms with Crippen LogP contribution in [0.15, 0.2) is 24.3 Å². The second-order valence-electron chi connectivity index (χ2n) is 8.12. The molecule has 1 amide bonds. The van der Waals surface area contributed by atoms with Gasteiger partial charge in [-0.1, -0.05) is 23.2 Å². The van der Waals surface area contributed by atoms with Crippen molar-refractivity contribution in [3.63, 3.8) is 0 Å². The number of carbonyl (C=O) groups excluding carboxylic acids is 2. The zero-order valence-electron chi connectivity index (χ0n) is 19.1. The fraction of sp³-hybridized carbons (Fsp3) is 0.417. The molecule has 0 spiro atoms. The molecular formula is C24H29Cl2N3O4. The Morgan fingerprint density at radius 3 is 2.30 bits per heavy atom. The second-order valence-corrected chi connectivity index (χ2v) is 8.93. The lowest BCUT2D eigenvalue weighted by Gasteiger charge is -2.22. The van der Waals surface area contributed by atoms with E-state index >= 15 is 0 Å². The van der Waals surface area contributed by atoms with Crippen LogP contribution in [0.2, 0.25) is 10.0 Å². The Labute approximate surface area is 204 Å². The smallest absolute Gasteiger partial charge is 0.294 e. The number of likely N-dealkylation sites (N-methyl/N-ethyl adjacent to an activating group) is 1. The lowest BCUT2D eigenvalue weighted by molar-refractivity contribution is -0.126. The molecule has 1 aliphatic rings. The van der Waals surface area contributed by atoms with Gasteiger partial charge in [-0.25, -0.2) is 0 Å². The number of rotatable bonds is 9. The lowest BCUT2D eigenvalue weighted by atomic mass is 10.0. The van der Waals surface area contributed by atoms with Crippen molar-refractivity contribution in [3.8, 4) is 11.5 Å². The lowest BCUT2D eigenvalue weighted by Crippen LogP contribution is -2.38. The van der Waals surface area contributed by atoms with Gasteiger partial charge in [-0.15, -0.1) is 0 Å². The number of ketones is 1. The number of Topliss-reactive ketones (excluding diaryl/α,β-unsaturated/α-hetero) is 1. The molecule has 0 fully saturated rings. The van der Waals surface area contributed by atoms with Crippen LogP contribution in [0, 0.1) is 0 Å². The summed E-state index contributed by atoms with van der Waals surface area (Å²) in [7, 11) is 5.07. The number of nitrogens with two attached hydrogens (primary N) is 1. The number of amides is 1. The molecule has 0 saturated heterocycles. The van der Waals surface area contributed by atoms with Gasteiger partial charge in [0.25, 0.3) is 11.7 Å². The zero-order valence-corrected chi connectivity index (χ0v) is 20.6. The van der Waals surface area contributed by atoms with Gasteiger partial charge in [0.1, 0.15) is 0 Å². The van der Waals surface area contributed by atoms with E-state index in [1.807, 2.05) is 19.2 Å². The zero-order chi connectivity index (χ0) is 24.1. The van der Waals surface area contributed by atoms with Gasteiger partial charge < -0.3 is 25.0 Å². The quantitative estimate of drug-likeness (QED) is 0.423. The third-order valence-corrected chi connectivity index (χ3v) is 6.50. The molecule has 33 heavy (non-hydrogen) atoms. The molecule has 2 N–H and O–H groups in total. The summed E-state index contributed by atoms with van der Waals surface area (Å²) >= 11 is 12.2. The highest BCUT2D eigenvalue weighted by Crippen LogP contribution is 2.32. The number of benzene rings is 2. The number of hydrogen-bond acceptors (Lipinski definition) is 6. The van der Waals surface area contributed by atoms with Gasteiger partial charge in [0.15, 0.2) is 11.5 Å². The summed E-state index contributed by atoms with van der Waals surface area (Å²) in [4.78, 5) is 29.4. The summed E-state index contributed by atoms with van der Waals surface area (Å²) in [5.41, 5.74) is 8.39. The number of halogens is 2. The number of hydrogen-bond donors (Lipinski definition) is 1. The Kier molecular flexibility index (Phi) is 8.46. The summed E-state index contributed by atoms with van der Waals surface area (Å²) in [6, 6.07) is 7.05. The van der Waals surface area contributed by atoms with Crippen molar-refractivity contribution in [1.29, 1.82) is 0 Å². The van der Waals surface area contributed by atoms with Crippen LogP contribution in [0.3, 0.4) is 0 Å². The maximum absolute atomic E-state index is 12.8. The van der Waals surface area contributed by atoms with Crippen LogP contribution in [0.4, 0.5) is 5.69 Å². The summed E-state index contributed by atoms with van der Waals surface area (Å²) in [5, 5.41) is 0.918. The van der Waals surface area contributed by atoms with Gasteiger partial charge >= 0.3 is 0 Å². The van der Waals surface area contributed by atoms with Crippen LogP contribution in [-0.2, 0) is 17.6 Å². The second kappa shape index (κ2) is 11.1. The van der Waals surface area contributed by atoms with E-state index in [1.54, 1.807) is 24.1 Å². The SMILES string of the molecule is COc1cc2c(cc1OC)C(=O)C(=O)N(CCCN(C)CCc1cc(Cl)c(N)c(Cl)c1)CC2. The average Bonchev–Trinajstić information content (AvgIpc) is 2.91. The molecule has 0 aromatic heterocycles. The van der Waals surface area contributed by atoms with E-state index in [9.17, 15) is 9.59 Å². The van der Waals surface area contributed by atoms with E-state index in [-0.39, 0.29) is 0 Å². The van der Waals surface area contributed by atoms with Crippen molar-refractivity contribution in [2.45, 2.75) is 19.3 Å². The number of carbonyl (C=O) groups is 2. The van der Waals surface area contributed by atoms with E-state index in [1.165, 1.54) is 7.11 Å². The molecule has 0 saturated carbocycles. The largest absolute Gasteiger partial charge is 0.493 e. The Morgan fingerprint density at radius 2 is 1.67 bits per heavy atom. The third-order valence-electron chi connectivity index (χ3n) is 5.88. The molecule has 7 nitrogen and oxygen atoms in total. The summed E-state index contributed by atoms with van der Waals surface area (Å²) in [6.07, 6.45) is 2.11. The fourth-order valence-electron chi connectivity index (χ4n) is 3.91. The predicted molar refractivity (Wildman–Crippen MR) is 131 cm³/mol. The Hall–Kier alpha value is -2.48. The Bertz CT molecular complexity index is 1020. The van der Waals surface area contributed by atoms with E-state index in [0.717, 1.165) is 37.1 Å². The summed E-state index contributed by atoms with van der Waals surface area (Å²) in [5.74, 6) is 0.00935. The highest BCUT2D eigenvalue weighted by molar-refractivity contribution is 6.43. The van der Waals surface area contributed by atoms with Crippen molar-refractivity contribution in [2.75, 3.05) is 53.2 Å². The van der Waals surface area contributed by atoms with Gasteiger partial charge in [-0.2, -0.15) is 0 Å². The van der Waals surface area contributed by atoms with E-state index in [4.69, 9.17) is 38.4 Å². The van der Waals surface area contributed by atoms with Gasteiger partial charge in [0, 0.05) is 25.2 Å². The molecule has 0 unspecified atom stereocenters. The molecule has 0 bridgehead atoms. The number of nitrogen functional groups attached to an aromatic ring is 1.